The van der Waals surface area contributed by atoms with Gasteiger partial charge in [0.25, 0.3) is 5.69 Å². The van der Waals surface area contributed by atoms with E-state index in [-0.39, 0.29) is 30.4 Å². The van der Waals surface area contributed by atoms with Crippen LogP contribution in [-0.2, 0) is 2.81 Å². The number of benzene rings is 1. The second-order valence-electron chi connectivity index (χ2n) is 2.26. The number of nitro groups is 1. The molecule has 79 valence electrons. The van der Waals surface area contributed by atoms with Gasteiger partial charge in [0.05, 0.1) is 4.92 Å². The third-order valence-corrected chi connectivity index (χ3v) is 1.42. The second kappa shape index (κ2) is 6.13. The van der Waals surface area contributed by atoms with Gasteiger partial charge in [-0.15, -0.1) is 0 Å². The molecule has 0 heterocycles. The minimum atomic E-state index is -1.40. The van der Waals surface area contributed by atoms with Crippen LogP contribution in [0.15, 0.2) is 18.2 Å². The first-order valence-electron chi connectivity index (χ1n) is 3.41. The van der Waals surface area contributed by atoms with Gasteiger partial charge in [-0.05, 0) is 6.07 Å². The number of carboxylic acid groups (broad SMARTS) is 1. The molecule has 0 aliphatic carbocycles. The first kappa shape index (κ1) is 13.6. The van der Waals surface area contributed by atoms with Crippen LogP contribution in [0.25, 0.3) is 0 Å². The summed E-state index contributed by atoms with van der Waals surface area (Å²) in [6, 6.07) is 2.81. The van der Waals surface area contributed by atoms with Gasteiger partial charge in [0.15, 0.2) is 0 Å². The number of carbonyl (C=O) groups is 1. The Morgan fingerprint density at radius 3 is 2.33 bits per heavy atom. The van der Waals surface area contributed by atoms with E-state index in [0.29, 0.717) is 0 Å². The molecule has 0 aromatic heterocycles. The van der Waals surface area contributed by atoms with E-state index in [1.54, 1.807) is 0 Å². The maximum atomic E-state index is 10.4. The molecule has 1 aromatic rings. The van der Waals surface area contributed by atoms with Gasteiger partial charge in [0, 0.05) is 12.1 Å². The molecular weight excluding hydrogens is 403 g/mol. The van der Waals surface area contributed by atoms with Crippen molar-refractivity contribution in [2.45, 2.75) is 0 Å². The number of phenols is 1. The zero-order valence-electron chi connectivity index (χ0n) is 7.15. The van der Waals surface area contributed by atoms with Gasteiger partial charge in [-0.1, -0.05) is 0 Å². The summed E-state index contributed by atoms with van der Waals surface area (Å²) in [5.74, 6) is -1.89. The van der Waals surface area contributed by atoms with E-state index in [1.165, 1.54) is 0 Å². The summed E-state index contributed by atoms with van der Waals surface area (Å²) in [5, 5.41) is 27.7. The minimum absolute atomic E-state index is 0.194. The van der Waals surface area contributed by atoms with Gasteiger partial charge in [0.1, 0.15) is 11.3 Å². The molecule has 2 N–H and O–H groups in total. The van der Waals surface area contributed by atoms with Crippen LogP contribution in [0.2, 0.25) is 0 Å². The molecule has 0 atom stereocenters. The maximum absolute atomic E-state index is 10.4. The normalized spacial score (nSPS) is 8.53. The van der Waals surface area contributed by atoms with E-state index in [0.717, 1.165) is 18.2 Å². The van der Waals surface area contributed by atoms with Gasteiger partial charge in [-0.3, -0.25) is 10.1 Å². The van der Waals surface area contributed by atoms with Crippen molar-refractivity contribution in [2.75, 3.05) is 0 Å². The Hall–Kier alpha value is -1.43. The van der Waals surface area contributed by atoms with E-state index >= 15 is 0 Å². The molecule has 1 aromatic carbocycles. The van der Waals surface area contributed by atoms with E-state index < -0.39 is 22.2 Å². The Bertz CT molecular complexity index is 393. The predicted molar refractivity (Wildman–Crippen MR) is 48.2 cm³/mol. The average Bonchev–Trinajstić information content (AvgIpc) is 2.20. The van der Waals surface area contributed by atoms with Crippen LogP contribution in [-0.4, -0.2) is 45.8 Å². The van der Waals surface area contributed by atoms with Crippen molar-refractivity contribution in [2.24, 2.45) is 0 Å². The van der Waals surface area contributed by atoms with E-state index in [2.05, 4.69) is 0 Å². The molecule has 1 rings (SSSR count). The van der Waals surface area contributed by atoms with Crippen molar-refractivity contribution >= 4 is 36.4 Å². The summed E-state index contributed by atoms with van der Waals surface area (Å²) >= 11 is 0.194. The van der Waals surface area contributed by atoms with E-state index in [4.69, 9.17) is 13.0 Å². The number of aromatic hydroxyl groups is 1. The molecule has 0 aliphatic heterocycles. The molecule has 0 unspecified atom stereocenters. The van der Waals surface area contributed by atoms with Gasteiger partial charge in [-0.2, -0.15) is 0 Å². The summed E-state index contributed by atoms with van der Waals surface area (Å²) in [6.45, 7) is 0. The van der Waals surface area contributed by atoms with Gasteiger partial charge in [-0.25, -0.2) is 4.79 Å². The summed E-state index contributed by atoms with van der Waals surface area (Å²) in [7, 11) is 0. The van der Waals surface area contributed by atoms with Crippen molar-refractivity contribution in [3.63, 3.8) is 0 Å². The van der Waals surface area contributed by atoms with Crippen molar-refractivity contribution in [3.05, 3.63) is 33.9 Å². The van der Waals surface area contributed by atoms with Crippen molar-refractivity contribution in [1.29, 1.82) is 0 Å². The molecule has 0 bridgehead atoms. The Morgan fingerprint density at radius 1 is 1.40 bits per heavy atom. The van der Waals surface area contributed by atoms with Crippen molar-refractivity contribution < 1.29 is 22.7 Å². The molecule has 8 heteroatoms. The SMILES string of the molecule is O=C(O)c1cc([N+](=O)[O-])ccc1O.[O]=[Bi]. The topological polar surface area (TPSA) is 118 Å². The van der Waals surface area contributed by atoms with Crippen LogP contribution < -0.4 is 0 Å². The standard InChI is InChI=1S/C7H5NO5.Bi.O/c9-6-2-1-4(8(12)13)3-5(6)7(10)11;;/h1-3,9H,(H,10,11);;. The third kappa shape index (κ3) is 3.67. The Morgan fingerprint density at radius 2 is 1.93 bits per heavy atom. The summed E-state index contributed by atoms with van der Waals surface area (Å²) in [5.41, 5.74) is -0.843. The first-order chi connectivity index (χ1) is 7.02. The van der Waals surface area contributed by atoms with Crippen molar-refractivity contribution in [3.8, 4) is 5.75 Å². The Kier molecular flexibility index (Phi) is 5.55. The molecule has 0 spiro atoms. The molecule has 0 saturated carbocycles. The van der Waals surface area contributed by atoms with Crippen LogP contribution >= 0.6 is 0 Å². The van der Waals surface area contributed by atoms with Crippen LogP contribution in [0.3, 0.4) is 0 Å². The number of hydrogen-bond acceptors (Lipinski definition) is 5. The summed E-state index contributed by atoms with van der Waals surface area (Å²) in [4.78, 5) is 19.9. The molecule has 1 radical (unpaired) electrons. The number of rotatable bonds is 2. The Balaban J connectivity index is 0.000000921. The number of nitrogens with zero attached hydrogens (tertiary/aromatic N) is 1. The van der Waals surface area contributed by atoms with Gasteiger partial charge >= 0.3 is 33.5 Å². The average molecular weight is 408 g/mol. The number of non-ortho nitro benzene ring substituents is 1. The van der Waals surface area contributed by atoms with Crippen LogP contribution in [0.4, 0.5) is 5.69 Å². The zero-order chi connectivity index (χ0) is 12.0. The quantitative estimate of drug-likeness (QED) is 0.418. The molecule has 0 amide bonds. The molecular formula is C7H5BiNO6. The second-order valence-corrected chi connectivity index (χ2v) is 2.26. The third-order valence-electron chi connectivity index (χ3n) is 1.42. The fourth-order valence-corrected chi connectivity index (χ4v) is 0.809. The predicted octanol–water partition coefficient (Wildman–Crippen LogP) is 0.499. The molecule has 0 saturated heterocycles. The fourth-order valence-electron chi connectivity index (χ4n) is 0.809. The summed E-state index contributed by atoms with van der Waals surface area (Å²) < 4.78 is 8.36. The number of nitro benzene ring substituents is 1. The van der Waals surface area contributed by atoms with Crippen LogP contribution in [0.5, 0.6) is 5.75 Å². The monoisotopic (exact) mass is 408 g/mol. The van der Waals surface area contributed by atoms with Gasteiger partial charge < -0.3 is 10.2 Å². The fraction of sp³-hybridized carbons (Fsp3) is 0. The molecule has 15 heavy (non-hydrogen) atoms. The van der Waals surface area contributed by atoms with E-state index in [1.807, 2.05) is 0 Å². The zero-order valence-corrected chi connectivity index (χ0v) is 10.6. The number of hydrogen-bond donors (Lipinski definition) is 2. The van der Waals surface area contributed by atoms with Crippen molar-refractivity contribution in [1.82, 2.24) is 0 Å². The van der Waals surface area contributed by atoms with E-state index in [9.17, 15) is 14.9 Å². The number of aromatic carboxylic acids is 1. The summed E-state index contributed by atoms with van der Waals surface area (Å²) in [6.07, 6.45) is 0. The Labute approximate surface area is 98.8 Å². The molecule has 0 aliphatic rings. The number of carboxylic acids is 1. The van der Waals surface area contributed by atoms with Gasteiger partial charge in [0.2, 0.25) is 0 Å². The van der Waals surface area contributed by atoms with Crippen LogP contribution in [0.1, 0.15) is 10.4 Å². The van der Waals surface area contributed by atoms with Crippen LogP contribution in [0, 0.1) is 10.1 Å². The first-order valence-corrected chi connectivity index (χ1v) is 4.83. The molecule has 7 nitrogen and oxygen atoms in total. The molecule has 0 fully saturated rings.